The van der Waals surface area contributed by atoms with Crippen molar-refractivity contribution in [2.24, 2.45) is 10.9 Å². The topological polar surface area (TPSA) is 35.0 Å². The van der Waals surface area contributed by atoms with Crippen LogP contribution in [0.3, 0.4) is 0 Å². The molecule has 0 radical (unpaired) electrons. The third-order valence-corrected chi connectivity index (χ3v) is 10.2. The molecular formula is C54H59N5. The zero-order valence-corrected chi connectivity index (χ0v) is 35.8. The molecule has 300 valence electrons. The highest BCUT2D eigenvalue weighted by Gasteiger charge is 2.31. The first kappa shape index (κ1) is 43.5. The molecule has 5 heteroatoms. The fourth-order valence-corrected chi connectivity index (χ4v) is 7.66. The van der Waals surface area contributed by atoms with Gasteiger partial charge in [-0.15, -0.1) is 12.3 Å². The summed E-state index contributed by atoms with van der Waals surface area (Å²) in [6.07, 6.45) is 48.8. The molecule has 3 unspecified atom stereocenters. The fraction of sp³-hybridized carbons (Fsp3) is 0.222. The molecule has 59 heavy (non-hydrogen) atoms. The van der Waals surface area contributed by atoms with Crippen LogP contribution >= 0.6 is 0 Å². The van der Waals surface area contributed by atoms with Gasteiger partial charge in [-0.3, -0.25) is 14.9 Å². The van der Waals surface area contributed by atoms with E-state index in [1.807, 2.05) is 58.4 Å². The van der Waals surface area contributed by atoms with Crippen molar-refractivity contribution in [3.8, 4) is 12.3 Å². The van der Waals surface area contributed by atoms with Gasteiger partial charge in [-0.2, -0.15) is 0 Å². The zero-order valence-electron chi connectivity index (χ0n) is 35.8. The van der Waals surface area contributed by atoms with Gasteiger partial charge in [0.1, 0.15) is 5.84 Å². The van der Waals surface area contributed by atoms with Gasteiger partial charge in [0.15, 0.2) is 0 Å². The van der Waals surface area contributed by atoms with E-state index in [0.29, 0.717) is 0 Å². The number of amidine groups is 1. The smallest absolute Gasteiger partial charge is 0.131 e. The molecule has 5 aliphatic rings. The Balaban J connectivity index is 0.000000219. The summed E-state index contributed by atoms with van der Waals surface area (Å²) >= 11 is 0. The molecule has 1 aromatic heterocycles. The molecule has 3 atom stereocenters. The minimum atomic E-state index is 0.134. The van der Waals surface area contributed by atoms with E-state index in [9.17, 15) is 0 Å². The number of aliphatic imine (C=N–C) groups is 1. The Morgan fingerprint density at radius 3 is 2.49 bits per heavy atom. The maximum atomic E-state index is 4.60. The van der Waals surface area contributed by atoms with E-state index in [2.05, 4.69) is 197 Å². The van der Waals surface area contributed by atoms with E-state index in [4.69, 9.17) is 0 Å². The van der Waals surface area contributed by atoms with E-state index < -0.39 is 0 Å². The molecule has 0 fully saturated rings. The summed E-state index contributed by atoms with van der Waals surface area (Å²) in [7, 11) is 3.97. The van der Waals surface area contributed by atoms with E-state index in [1.54, 1.807) is 6.92 Å². The van der Waals surface area contributed by atoms with Crippen molar-refractivity contribution < 1.29 is 0 Å². The fourth-order valence-electron chi connectivity index (χ4n) is 7.66. The van der Waals surface area contributed by atoms with Gasteiger partial charge in [0.2, 0.25) is 0 Å². The number of terminal acetylenes is 1. The number of nitrogens with zero attached hydrogens (tertiary/aromatic N) is 5. The summed E-state index contributed by atoms with van der Waals surface area (Å²) in [5.41, 5.74) is 9.67. The van der Waals surface area contributed by atoms with Crippen LogP contribution in [0.4, 0.5) is 11.4 Å². The van der Waals surface area contributed by atoms with E-state index in [-0.39, 0.29) is 17.9 Å². The number of pyridine rings is 1. The summed E-state index contributed by atoms with van der Waals surface area (Å²) < 4.78 is 0. The Labute approximate surface area is 354 Å². The molecule has 0 saturated carbocycles. The molecule has 8 rings (SSSR count). The number of anilines is 2. The lowest BCUT2D eigenvalue weighted by molar-refractivity contribution is 0.501. The monoisotopic (exact) mass is 777 g/mol. The van der Waals surface area contributed by atoms with Crippen LogP contribution in [0.5, 0.6) is 0 Å². The van der Waals surface area contributed by atoms with Crippen molar-refractivity contribution in [1.29, 1.82) is 0 Å². The van der Waals surface area contributed by atoms with Gasteiger partial charge in [-0.05, 0) is 90.8 Å². The summed E-state index contributed by atoms with van der Waals surface area (Å²) in [6.45, 7) is 15.1. The number of hydrogen-bond acceptors (Lipinski definition) is 4. The molecule has 4 heterocycles. The van der Waals surface area contributed by atoms with E-state index in [0.717, 1.165) is 30.2 Å². The lowest BCUT2D eigenvalue weighted by Gasteiger charge is -2.38. The summed E-state index contributed by atoms with van der Waals surface area (Å²) in [5.74, 6) is 3.73. The number of rotatable bonds is 4. The first-order valence-electron chi connectivity index (χ1n) is 20.7. The number of allylic oxidation sites excluding steroid dienone is 16. The summed E-state index contributed by atoms with van der Waals surface area (Å²) in [6, 6.07) is 17.5. The maximum Gasteiger partial charge on any atom is 0.131 e. The van der Waals surface area contributed by atoms with Crippen LogP contribution in [0.15, 0.2) is 210 Å². The predicted octanol–water partition coefficient (Wildman–Crippen LogP) is 12.8. The van der Waals surface area contributed by atoms with E-state index >= 15 is 0 Å². The van der Waals surface area contributed by atoms with Crippen LogP contribution in [-0.4, -0.2) is 42.4 Å². The van der Waals surface area contributed by atoms with Crippen molar-refractivity contribution in [3.05, 3.63) is 211 Å². The molecule has 0 saturated heterocycles. The lowest BCUT2D eigenvalue weighted by atomic mass is 9.84. The highest BCUT2D eigenvalue weighted by atomic mass is 15.2. The highest BCUT2D eigenvalue weighted by molar-refractivity contribution is 6.09. The maximum absolute atomic E-state index is 4.60. The number of aromatic nitrogens is 1. The highest BCUT2D eigenvalue weighted by Crippen LogP contribution is 2.42. The molecule has 0 amide bonds. The average molecular weight is 778 g/mol. The standard InChI is InChI=1S/C31H30N2.C18H19N3.C3H4.C2H6/c1-4-30-31(29-22-32(3)19-11-5-6-12-23(29)2)26-15-9-10-16-27(21-26)33(30)28-18-17-24-13-7-8-14-25(24)20-28;1-3-7-18(19-2)21-15-9-6-4-5-8-14(12-15)16-13-20-11-10-17(16)21;1-3-2;1-2/h4-18,20-23,27H,1,19H2,2-3H3;3,5-14H,4H2,1-2H3;1H,2H3;1-2H3/b11-5-,12-6-,29-22+;7-3-,8-5-,9-6-,19-18?;;. The molecule has 3 aliphatic heterocycles. The van der Waals surface area contributed by atoms with Crippen LogP contribution in [0.1, 0.15) is 52.5 Å². The quantitative estimate of drug-likeness (QED) is 0.114. The van der Waals surface area contributed by atoms with Gasteiger partial charge in [0, 0.05) is 79.3 Å². The second-order valence-electron chi connectivity index (χ2n) is 14.2. The van der Waals surface area contributed by atoms with Crippen molar-refractivity contribution in [1.82, 2.24) is 9.88 Å². The van der Waals surface area contributed by atoms with Crippen LogP contribution in [0, 0.1) is 18.3 Å². The van der Waals surface area contributed by atoms with Gasteiger partial charge >= 0.3 is 0 Å². The summed E-state index contributed by atoms with van der Waals surface area (Å²) in [5, 5.41) is 2.50. The Bertz CT molecular complexity index is 2380. The van der Waals surface area contributed by atoms with Gasteiger partial charge in [0.25, 0.3) is 0 Å². The van der Waals surface area contributed by atoms with Crippen molar-refractivity contribution >= 4 is 28.0 Å². The normalized spacial score (nSPS) is 23.4. The molecule has 3 aromatic rings. The van der Waals surface area contributed by atoms with Crippen molar-refractivity contribution in [2.45, 2.75) is 53.0 Å². The van der Waals surface area contributed by atoms with Crippen LogP contribution in [-0.2, 0) is 0 Å². The summed E-state index contributed by atoms with van der Waals surface area (Å²) in [4.78, 5) is 15.6. The SMILES string of the molecule is C#CC.C/C=C\C(=NC)N1C2=CC(/C=C\C/C=C\2)c2cnccc21.C=CC1=C(/C2=C/N(C)C/C=C\C=C/C2C)C2=CC(C=CC=C2)N1c1ccc2ccccc2c1.CC. The molecule has 2 aliphatic carbocycles. The Morgan fingerprint density at radius 2 is 1.73 bits per heavy atom. The molecule has 4 bridgehead atoms. The van der Waals surface area contributed by atoms with Crippen LogP contribution in [0.2, 0.25) is 0 Å². The molecule has 5 nitrogen and oxygen atoms in total. The second kappa shape index (κ2) is 21.8. The molecular weight excluding hydrogens is 719 g/mol. The Morgan fingerprint density at radius 1 is 0.949 bits per heavy atom. The third kappa shape index (κ3) is 10.3. The van der Waals surface area contributed by atoms with Crippen molar-refractivity contribution in [2.75, 3.05) is 30.4 Å². The number of hydrogen-bond donors (Lipinski definition) is 0. The van der Waals surface area contributed by atoms with Gasteiger partial charge < -0.3 is 9.80 Å². The number of likely N-dealkylation sites (N-methyl/N-ethyl adjacent to an activating group) is 1. The largest absolute Gasteiger partial charge is 0.376 e. The minimum Gasteiger partial charge on any atom is -0.376 e. The first-order chi connectivity index (χ1) is 28.9. The third-order valence-electron chi connectivity index (χ3n) is 10.2. The van der Waals surface area contributed by atoms with Gasteiger partial charge in [-0.25, -0.2) is 0 Å². The molecule has 0 N–H and O–H groups in total. The number of fused-ring (bicyclic) bond motifs is 5. The second-order valence-corrected chi connectivity index (χ2v) is 14.2. The first-order valence-corrected chi connectivity index (χ1v) is 20.7. The van der Waals surface area contributed by atoms with Gasteiger partial charge in [0.05, 0.1) is 11.7 Å². The van der Waals surface area contributed by atoms with Crippen LogP contribution < -0.4 is 9.80 Å². The average Bonchev–Trinajstić information content (AvgIpc) is 3.42. The predicted molar refractivity (Wildman–Crippen MR) is 256 cm³/mol. The lowest BCUT2D eigenvalue weighted by Crippen LogP contribution is -2.35. The van der Waals surface area contributed by atoms with Gasteiger partial charge in [-0.1, -0.05) is 131 Å². The Hall–Kier alpha value is -6.64. The zero-order chi connectivity index (χ0) is 42.1. The Kier molecular flexibility index (Phi) is 16.0. The van der Waals surface area contributed by atoms with Crippen molar-refractivity contribution in [3.63, 3.8) is 0 Å². The molecule has 2 aromatic carbocycles. The van der Waals surface area contributed by atoms with E-state index in [1.165, 1.54) is 44.4 Å². The van der Waals surface area contributed by atoms with Crippen LogP contribution in [0.25, 0.3) is 10.8 Å². The minimum absolute atomic E-state index is 0.134. The number of benzene rings is 2. The molecule has 0 spiro atoms.